The molecule has 0 bridgehead atoms. The summed E-state index contributed by atoms with van der Waals surface area (Å²) in [6, 6.07) is 2.22. The number of carbonyl (C=O) groups is 1. The average Bonchev–Trinajstić information content (AvgIpc) is 2.86. The van der Waals surface area contributed by atoms with Crippen molar-refractivity contribution in [2.24, 2.45) is 10.1 Å². The van der Waals surface area contributed by atoms with Crippen LogP contribution in [-0.2, 0) is 15.8 Å². The summed E-state index contributed by atoms with van der Waals surface area (Å²) in [5, 5.41) is 22.1. The quantitative estimate of drug-likeness (QED) is 0.0621. The largest absolute Gasteiger partial charge is 0.416 e. The third-order valence-electron chi connectivity index (χ3n) is 4.80. The number of anilines is 1. The number of oxime groups is 1. The van der Waals surface area contributed by atoms with E-state index in [0.717, 1.165) is 17.8 Å². The van der Waals surface area contributed by atoms with Gasteiger partial charge in [0.2, 0.25) is 0 Å². The first kappa shape index (κ1) is 32.2. The zero-order valence-corrected chi connectivity index (χ0v) is 22.3. The van der Waals surface area contributed by atoms with Gasteiger partial charge in [0.05, 0.1) is 10.5 Å². The first-order valence-electron chi connectivity index (χ1n) is 11.3. The minimum atomic E-state index is -4.70. The molecule has 1 amide bonds. The molecule has 206 valence electrons. The van der Waals surface area contributed by atoms with Crippen LogP contribution in [0.25, 0.3) is 0 Å². The van der Waals surface area contributed by atoms with Crippen molar-refractivity contribution in [3.05, 3.63) is 56.5 Å². The number of terminal acetylenes is 1. The Bertz CT molecular complexity index is 1150. The van der Waals surface area contributed by atoms with Gasteiger partial charge in [0.15, 0.2) is 0 Å². The molecule has 0 radical (unpaired) electrons. The van der Waals surface area contributed by atoms with E-state index < -0.39 is 22.4 Å². The summed E-state index contributed by atoms with van der Waals surface area (Å²) >= 11 is 1.41. The lowest BCUT2D eigenvalue weighted by Gasteiger charge is -2.12. The van der Waals surface area contributed by atoms with E-state index in [4.69, 9.17) is 11.3 Å². The second-order valence-electron chi connectivity index (χ2n) is 7.77. The molecule has 9 nitrogen and oxygen atoms in total. The van der Waals surface area contributed by atoms with E-state index in [2.05, 4.69) is 26.7 Å². The zero-order chi connectivity index (χ0) is 28.7. The first-order chi connectivity index (χ1) is 17.9. The third kappa shape index (κ3) is 11.5. The van der Waals surface area contributed by atoms with Gasteiger partial charge in [-0.1, -0.05) is 11.1 Å². The highest BCUT2D eigenvalue weighted by Crippen LogP contribution is 2.34. The second-order valence-corrected chi connectivity index (χ2v) is 8.75. The summed E-state index contributed by atoms with van der Waals surface area (Å²) < 4.78 is 38.6. The Morgan fingerprint density at radius 2 is 2.00 bits per heavy atom. The molecule has 1 aromatic carbocycles. The predicted octanol–water partition coefficient (Wildman–Crippen LogP) is 5.21. The van der Waals surface area contributed by atoms with E-state index in [1.54, 1.807) is 39.3 Å². The minimum Gasteiger partial charge on any atom is -0.395 e. The number of thioether (sulfide) groups is 1. The molecule has 38 heavy (non-hydrogen) atoms. The molecule has 1 rings (SSSR count). The summed E-state index contributed by atoms with van der Waals surface area (Å²) in [6.45, 7) is 5.69. The number of nitrogens with zero attached hydrogens (tertiary/aromatic N) is 3. The number of amides is 1. The number of aliphatic imine (C=N–C) groups is 1. The van der Waals surface area contributed by atoms with E-state index >= 15 is 0 Å². The fourth-order valence-corrected chi connectivity index (χ4v) is 3.64. The Morgan fingerprint density at radius 1 is 1.29 bits per heavy atom. The Morgan fingerprint density at radius 3 is 2.61 bits per heavy atom. The molecule has 0 aliphatic carbocycles. The van der Waals surface area contributed by atoms with Crippen molar-refractivity contribution in [3.63, 3.8) is 0 Å². The van der Waals surface area contributed by atoms with Gasteiger partial charge in [-0.15, -0.1) is 18.2 Å². The van der Waals surface area contributed by atoms with Crippen LogP contribution in [-0.4, -0.2) is 54.8 Å². The maximum absolute atomic E-state index is 12.9. The monoisotopic (exact) mass is 553 g/mol. The molecule has 0 aliphatic rings. The lowest BCUT2D eigenvalue weighted by molar-refractivity contribution is -0.384. The van der Waals surface area contributed by atoms with Crippen LogP contribution in [0.1, 0.15) is 32.8 Å². The van der Waals surface area contributed by atoms with E-state index in [1.165, 1.54) is 11.8 Å². The van der Waals surface area contributed by atoms with Crippen LogP contribution in [0, 0.1) is 22.5 Å². The van der Waals surface area contributed by atoms with Crippen LogP contribution >= 0.6 is 11.8 Å². The van der Waals surface area contributed by atoms with E-state index in [9.17, 15) is 28.1 Å². The van der Waals surface area contributed by atoms with E-state index in [-0.39, 0.29) is 24.7 Å². The fourth-order valence-electron chi connectivity index (χ4n) is 2.78. The number of hydrogen-bond acceptors (Lipinski definition) is 8. The molecule has 0 saturated heterocycles. The molecule has 0 unspecified atom stereocenters. The summed E-state index contributed by atoms with van der Waals surface area (Å²) in [5.41, 5.74) is 0.324. The van der Waals surface area contributed by atoms with Crippen LogP contribution in [0.15, 0.2) is 51.0 Å². The fraction of sp³-hybridized carbons (Fsp3) is 0.400. The predicted molar refractivity (Wildman–Crippen MR) is 145 cm³/mol. The van der Waals surface area contributed by atoms with Crippen molar-refractivity contribution in [1.29, 1.82) is 0 Å². The molecular formula is C25H30F3N5O4S. The number of halogens is 3. The van der Waals surface area contributed by atoms with Crippen molar-refractivity contribution in [3.8, 4) is 12.3 Å². The summed E-state index contributed by atoms with van der Waals surface area (Å²) in [5.74, 6) is 2.61. The normalized spacial score (nSPS) is 13.1. The van der Waals surface area contributed by atoms with Gasteiger partial charge in [0, 0.05) is 43.2 Å². The highest BCUT2D eigenvalue weighted by Gasteiger charge is 2.33. The second kappa shape index (κ2) is 16.1. The number of nitrogens with one attached hydrogen (secondary N) is 2. The van der Waals surface area contributed by atoms with Crippen LogP contribution < -0.4 is 10.6 Å². The van der Waals surface area contributed by atoms with Gasteiger partial charge >= 0.3 is 6.18 Å². The number of hydrogen-bond donors (Lipinski definition) is 2. The molecule has 2 N–H and O–H groups in total. The van der Waals surface area contributed by atoms with Crippen LogP contribution in [0.4, 0.5) is 24.5 Å². The van der Waals surface area contributed by atoms with Gasteiger partial charge in [0.1, 0.15) is 18.0 Å². The number of nitro benzene ring substituents is 1. The molecule has 0 heterocycles. The Labute approximate surface area is 223 Å². The standard InChI is InChI=1S/C25H30F3N5O4S/c1-6-18(3)32-37-12-7-13-38-16-21(17(2)14-19(4)29-5)24(34)31-11-10-30-22-9-8-20(25(26,27)28)15-23(22)33(35)36/h1,8-9,14-16,30H,7,10-13H2,2-5H3,(H,31,34)/b17-14-,21-16-,29-19?,32-18-. The first-order valence-corrected chi connectivity index (χ1v) is 12.4. The Kier molecular flexibility index (Phi) is 13.7. The maximum atomic E-state index is 12.9. The lowest BCUT2D eigenvalue weighted by Crippen LogP contribution is -2.30. The van der Waals surface area contributed by atoms with E-state index in [1.807, 2.05) is 0 Å². The maximum Gasteiger partial charge on any atom is 0.416 e. The highest BCUT2D eigenvalue weighted by molar-refractivity contribution is 8.02. The molecule has 0 saturated carbocycles. The molecule has 0 spiro atoms. The summed E-state index contributed by atoms with van der Waals surface area (Å²) in [7, 11) is 1.63. The number of nitro groups is 1. The van der Waals surface area contributed by atoms with Crippen molar-refractivity contribution in [2.45, 2.75) is 33.4 Å². The van der Waals surface area contributed by atoms with Gasteiger partial charge in [-0.2, -0.15) is 13.2 Å². The SMILES string of the molecule is C#C/C(C)=N\OCCCS/C=C(C(=O)NCCNc1ccc(C(F)(F)F)cc1[N+](=O)[O-])/C(C)=C\C(C)=NC. The number of benzene rings is 1. The molecule has 0 aromatic heterocycles. The van der Waals surface area contributed by atoms with Crippen LogP contribution in [0.3, 0.4) is 0 Å². The number of allylic oxidation sites excluding steroid dienone is 1. The Balaban J connectivity index is 2.80. The highest BCUT2D eigenvalue weighted by atomic mass is 32.2. The van der Waals surface area contributed by atoms with Gasteiger partial charge in [-0.25, -0.2) is 0 Å². The Hall–Kier alpha value is -3.79. The summed E-state index contributed by atoms with van der Waals surface area (Å²) in [4.78, 5) is 32.4. The van der Waals surface area contributed by atoms with Gasteiger partial charge in [-0.3, -0.25) is 19.9 Å². The zero-order valence-electron chi connectivity index (χ0n) is 21.5. The van der Waals surface area contributed by atoms with Crippen molar-refractivity contribution < 1.29 is 27.7 Å². The molecule has 1 aromatic rings. The molecule has 0 atom stereocenters. The smallest absolute Gasteiger partial charge is 0.395 e. The van der Waals surface area contributed by atoms with Gasteiger partial charge in [-0.05, 0) is 56.4 Å². The van der Waals surface area contributed by atoms with Crippen molar-refractivity contribution in [2.75, 3.05) is 37.8 Å². The third-order valence-corrected chi connectivity index (χ3v) is 5.73. The van der Waals surface area contributed by atoms with Gasteiger partial charge < -0.3 is 15.5 Å². The average molecular weight is 554 g/mol. The number of carbonyl (C=O) groups excluding carboxylic acids is 1. The topological polar surface area (TPSA) is 118 Å². The number of rotatable bonds is 14. The molecule has 13 heteroatoms. The van der Waals surface area contributed by atoms with Crippen LogP contribution in [0.2, 0.25) is 0 Å². The van der Waals surface area contributed by atoms with Gasteiger partial charge in [0.25, 0.3) is 11.6 Å². The van der Waals surface area contributed by atoms with Crippen LogP contribution in [0.5, 0.6) is 0 Å². The van der Waals surface area contributed by atoms with E-state index in [0.29, 0.717) is 41.7 Å². The summed E-state index contributed by atoms with van der Waals surface area (Å²) in [6.07, 6.45) is 2.90. The minimum absolute atomic E-state index is 0.0471. The molecule has 0 aliphatic heterocycles. The number of alkyl halides is 3. The van der Waals surface area contributed by atoms with Crippen molar-refractivity contribution in [1.82, 2.24) is 5.32 Å². The molecular weight excluding hydrogens is 523 g/mol. The van der Waals surface area contributed by atoms with Crippen molar-refractivity contribution >= 4 is 40.5 Å². The lowest BCUT2D eigenvalue weighted by atomic mass is 10.1. The molecule has 0 fully saturated rings.